The molecular formula is C22H30N4O4. The van der Waals surface area contributed by atoms with E-state index < -0.39 is 12.0 Å². The molecule has 1 atom stereocenters. The van der Waals surface area contributed by atoms with Crippen molar-refractivity contribution in [2.75, 3.05) is 44.2 Å². The zero-order valence-electron chi connectivity index (χ0n) is 17.3. The van der Waals surface area contributed by atoms with Gasteiger partial charge in [0.15, 0.2) is 6.10 Å². The Balaban J connectivity index is 1.34. The number of nitrogens with zero attached hydrogens (tertiary/aromatic N) is 3. The van der Waals surface area contributed by atoms with Crippen LogP contribution >= 0.6 is 0 Å². The zero-order chi connectivity index (χ0) is 21.1. The van der Waals surface area contributed by atoms with E-state index >= 15 is 0 Å². The fourth-order valence-electron chi connectivity index (χ4n) is 4.61. The minimum Gasteiger partial charge on any atom is -0.477 e. The van der Waals surface area contributed by atoms with Crippen molar-refractivity contribution in [2.24, 2.45) is 11.7 Å². The second-order valence-electron chi connectivity index (χ2n) is 8.42. The number of carbonyl (C=O) groups is 3. The van der Waals surface area contributed by atoms with Crippen LogP contribution in [0.15, 0.2) is 24.3 Å². The van der Waals surface area contributed by atoms with Gasteiger partial charge in [0.1, 0.15) is 5.75 Å². The molecule has 1 aromatic carbocycles. The zero-order valence-corrected chi connectivity index (χ0v) is 17.3. The molecule has 0 saturated carbocycles. The van der Waals surface area contributed by atoms with Crippen molar-refractivity contribution in [3.05, 3.63) is 24.3 Å². The number of anilines is 1. The van der Waals surface area contributed by atoms with E-state index in [1.165, 1.54) is 6.42 Å². The third-order valence-electron chi connectivity index (χ3n) is 6.36. The third-order valence-corrected chi connectivity index (χ3v) is 6.36. The quantitative estimate of drug-likeness (QED) is 0.793. The first kappa shape index (κ1) is 20.7. The van der Waals surface area contributed by atoms with E-state index in [-0.39, 0.29) is 30.8 Å². The number of para-hydroxylation sites is 2. The van der Waals surface area contributed by atoms with Gasteiger partial charge in [-0.2, -0.15) is 0 Å². The van der Waals surface area contributed by atoms with Gasteiger partial charge < -0.3 is 20.3 Å². The number of carbonyl (C=O) groups excluding carboxylic acids is 3. The lowest BCUT2D eigenvalue weighted by Crippen LogP contribution is -2.52. The molecule has 162 valence electrons. The number of fused-ring (bicyclic) bond motifs is 1. The lowest BCUT2D eigenvalue weighted by Gasteiger charge is -2.37. The van der Waals surface area contributed by atoms with E-state index in [1.807, 2.05) is 17.0 Å². The Bertz CT molecular complexity index is 800. The average molecular weight is 415 g/mol. The van der Waals surface area contributed by atoms with Gasteiger partial charge in [-0.15, -0.1) is 0 Å². The SMILES string of the molecule is NC(=O)[C@H]1CN(C(=O)CN2CCC(C(=O)N3CCCCC3)CC2)c2ccccc2O1. The van der Waals surface area contributed by atoms with Crippen LogP contribution in [-0.4, -0.2) is 72.9 Å². The molecule has 0 bridgehead atoms. The first-order valence-electron chi connectivity index (χ1n) is 10.9. The van der Waals surface area contributed by atoms with Gasteiger partial charge in [0, 0.05) is 19.0 Å². The smallest absolute Gasteiger partial charge is 0.260 e. The van der Waals surface area contributed by atoms with Crippen molar-refractivity contribution >= 4 is 23.4 Å². The molecule has 0 aromatic heterocycles. The van der Waals surface area contributed by atoms with Gasteiger partial charge in [-0.25, -0.2) is 0 Å². The summed E-state index contributed by atoms with van der Waals surface area (Å²) in [6.45, 7) is 3.59. The van der Waals surface area contributed by atoms with Crippen LogP contribution in [0.3, 0.4) is 0 Å². The number of primary amides is 1. The minimum absolute atomic E-state index is 0.0674. The maximum absolute atomic E-state index is 13.1. The van der Waals surface area contributed by atoms with Crippen LogP contribution in [0, 0.1) is 5.92 Å². The van der Waals surface area contributed by atoms with Crippen molar-refractivity contribution in [3.8, 4) is 5.75 Å². The Labute approximate surface area is 176 Å². The van der Waals surface area contributed by atoms with E-state index in [0.29, 0.717) is 11.4 Å². The molecule has 3 heterocycles. The molecule has 2 N–H and O–H groups in total. The normalized spacial score (nSPS) is 22.9. The molecule has 3 aliphatic rings. The summed E-state index contributed by atoms with van der Waals surface area (Å²) in [6, 6.07) is 7.19. The first-order chi connectivity index (χ1) is 14.5. The van der Waals surface area contributed by atoms with Crippen molar-refractivity contribution < 1.29 is 19.1 Å². The summed E-state index contributed by atoms with van der Waals surface area (Å²) in [7, 11) is 0. The molecule has 3 amide bonds. The molecule has 0 radical (unpaired) electrons. The molecular weight excluding hydrogens is 384 g/mol. The summed E-state index contributed by atoms with van der Waals surface area (Å²) < 4.78 is 5.64. The van der Waals surface area contributed by atoms with Crippen LogP contribution < -0.4 is 15.4 Å². The summed E-state index contributed by atoms with van der Waals surface area (Å²) in [5, 5.41) is 0. The predicted octanol–water partition coefficient (Wildman–Crippen LogP) is 0.990. The number of piperidine rings is 2. The first-order valence-corrected chi connectivity index (χ1v) is 10.9. The monoisotopic (exact) mass is 414 g/mol. The van der Waals surface area contributed by atoms with Crippen LogP contribution in [0.4, 0.5) is 5.69 Å². The van der Waals surface area contributed by atoms with Gasteiger partial charge in [-0.05, 0) is 57.3 Å². The Morgan fingerprint density at radius 3 is 2.40 bits per heavy atom. The Kier molecular flexibility index (Phi) is 6.22. The highest BCUT2D eigenvalue weighted by atomic mass is 16.5. The number of nitrogens with two attached hydrogens (primary N) is 1. The molecule has 4 rings (SSSR count). The van der Waals surface area contributed by atoms with Gasteiger partial charge in [-0.1, -0.05) is 12.1 Å². The number of rotatable bonds is 4. The molecule has 8 nitrogen and oxygen atoms in total. The molecule has 1 aromatic rings. The average Bonchev–Trinajstić information content (AvgIpc) is 2.78. The van der Waals surface area contributed by atoms with Crippen LogP contribution in [0.2, 0.25) is 0 Å². The number of hydrogen-bond donors (Lipinski definition) is 1. The van der Waals surface area contributed by atoms with E-state index in [9.17, 15) is 14.4 Å². The van der Waals surface area contributed by atoms with E-state index in [2.05, 4.69) is 4.90 Å². The number of ether oxygens (including phenoxy) is 1. The molecule has 2 saturated heterocycles. The fourth-order valence-corrected chi connectivity index (χ4v) is 4.61. The number of benzene rings is 1. The van der Waals surface area contributed by atoms with Gasteiger partial charge in [-0.3, -0.25) is 19.3 Å². The molecule has 30 heavy (non-hydrogen) atoms. The van der Waals surface area contributed by atoms with Crippen molar-refractivity contribution in [3.63, 3.8) is 0 Å². The van der Waals surface area contributed by atoms with Crippen LogP contribution in [0.1, 0.15) is 32.1 Å². The van der Waals surface area contributed by atoms with Crippen molar-refractivity contribution in [1.82, 2.24) is 9.80 Å². The molecule has 0 aliphatic carbocycles. The fraction of sp³-hybridized carbons (Fsp3) is 0.591. The Morgan fingerprint density at radius 2 is 1.70 bits per heavy atom. The second kappa shape index (κ2) is 9.04. The summed E-state index contributed by atoms with van der Waals surface area (Å²) in [5.41, 5.74) is 6.09. The lowest BCUT2D eigenvalue weighted by atomic mass is 9.94. The molecule has 8 heteroatoms. The van der Waals surface area contributed by atoms with E-state index in [4.69, 9.17) is 10.5 Å². The predicted molar refractivity (Wildman–Crippen MR) is 112 cm³/mol. The Hall–Kier alpha value is -2.61. The number of amides is 3. The third kappa shape index (κ3) is 4.43. The highest BCUT2D eigenvalue weighted by Crippen LogP contribution is 2.33. The minimum atomic E-state index is -0.850. The summed E-state index contributed by atoms with van der Waals surface area (Å²) in [5.74, 6) is 0.175. The van der Waals surface area contributed by atoms with Gasteiger partial charge in [0.2, 0.25) is 11.8 Å². The largest absolute Gasteiger partial charge is 0.477 e. The summed E-state index contributed by atoms with van der Waals surface area (Å²) in [4.78, 5) is 43.2. The number of hydrogen-bond acceptors (Lipinski definition) is 5. The maximum atomic E-state index is 13.1. The topological polar surface area (TPSA) is 96.2 Å². The molecule has 3 aliphatic heterocycles. The maximum Gasteiger partial charge on any atom is 0.260 e. The van der Waals surface area contributed by atoms with E-state index in [1.54, 1.807) is 17.0 Å². The van der Waals surface area contributed by atoms with Gasteiger partial charge in [0.25, 0.3) is 5.91 Å². The van der Waals surface area contributed by atoms with Crippen molar-refractivity contribution in [1.29, 1.82) is 0 Å². The molecule has 0 spiro atoms. The highest BCUT2D eigenvalue weighted by Gasteiger charge is 2.34. The van der Waals surface area contributed by atoms with Crippen LogP contribution in [-0.2, 0) is 14.4 Å². The molecule has 0 unspecified atom stereocenters. The van der Waals surface area contributed by atoms with Crippen LogP contribution in [0.5, 0.6) is 5.75 Å². The summed E-state index contributed by atoms with van der Waals surface area (Å²) in [6.07, 6.45) is 4.14. The lowest BCUT2D eigenvalue weighted by molar-refractivity contribution is -0.138. The van der Waals surface area contributed by atoms with Gasteiger partial charge >= 0.3 is 0 Å². The highest BCUT2D eigenvalue weighted by molar-refractivity contribution is 5.98. The van der Waals surface area contributed by atoms with Gasteiger partial charge in [0.05, 0.1) is 18.8 Å². The van der Waals surface area contributed by atoms with Crippen molar-refractivity contribution in [2.45, 2.75) is 38.2 Å². The second-order valence-corrected chi connectivity index (χ2v) is 8.42. The van der Waals surface area contributed by atoms with E-state index in [0.717, 1.165) is 51.9 Å². The Morgan fingerprint density at radius 1 is 1.00 bits per heavy atom. The molecule has 2 fully saturated rings. The standard InChI is InChI=1S/C22H30N4O4/c23-21(28)19-14-26(17-6-2-3-7-18(17)30-19)20(27)15-24-12-8-16(9-13-24)22(29)25-10-4-1-5-11-25/h2-3,6-7,16,19H,1,4-5,8-15H2,(H2,23,28)/t19-/m1/s1. The number of likely N-dealkylation sites (tertiary alicyclic amines) is 2. The van der Waals surface area contributed by atoms with Crippen LogP contribution in [0.25, 0.3) is 0 Å². The summed E-state index contributed by atoms with van der Waals surface area (Å²) >= 11 is 0.